The van der Waals surface area contributed by atoms with Crippen molar-refractivity contribution in [3.05, 3.63) is 58.4 Å². The number of rotatable bonds is 7. The third-order valence-electron chi connectivity index (χ3n) is 5.94. The Morgan fingerprint density at radius 2 is 2.06 bits per heavy atom. The van der Waals surface area contributed by atoms with Crippen LogP contribution >= 0.6 is 0 Å². The molecule has 1 saturated carbocycles. The van der Waals surface area contributed by atoms with E-state index in [0.29, 0.717) is 28.0 Å². The van der Waals surface area contributed by atoms with E-state index in [4.69, 9.17) is 9.72 Å². The molecule has 3 aromatic heterocycles. The van der Waals surface area contributed by atoms with Gasteiger partial charge in [-0.2, -0.15) is 5.04 Å². The molecule has 0 aliphatic heterocycles. The molecule has 2 N–H and O–H groups in total. The van der Waals surface area contributed by atoms with Crippen LogP contribution in [0.3, 0.4) is 0 Å². The van der Waals surface area contributed by atoms with Crippen LogP contribution in [0, 0.1) is 5.92 Å². The summed E-state index contributed by atoms with van der Waals surface area (Å²) < 4.78 is 20.5. The van der Waals surface area contributed by atoms with Crippen LogP contribution in [-0.2, 0) is 0 Å². The van der Waals surface area contributed by atoms with Crippen LogP contribution in [0.15, 0.2) is 41.6 Å². The molecule has 176 valence electrons. The van der Waals surface area contributed by atoms with Gasteiger partial charge in [-0.1, -0.05) is 0 Å². The number of aromatic nitrogens is 3. The molecular weight excluding hydrogens is 431 g/mol. The minimum absolute atomic E-state index is 0.136. The van der Waals surface area contributed by atoms with Crippen LogP contribution in [0.5, 0.6) is 5.75 Å². The van der Waals surface area contributed by atoms with Crippen molar-refractivity contribution in [1.82, 2.24) is 14.1 Å². The largest absolute Gasteiger partial charge is 0.490 e. The zero-order valence-corrected chi connectivity index (χ0v) is 18.5. The van der Waals surface area contributed by atoms with E-state index in [0.717, 1.165) is 37.6 Å². The van der Waals surface area contributed by atoms with Crippen molar-refractivity contribution >= 4 is 17.2 Å². The number of nitrogens with one attached hydrogen (secondary N) is 1. The minimum atomic E-state index is -0.843. The van der Waals surface area contributed by atoms with E-state index in [9.17, 15) is 19.2 Å². The van der Waals surface area contributed by atoms with Crippen LogP contribution in [0.1, 0.15) is 61.5 Å². The number of pyridine rings is 2. The van der Waals surface area contributed by atoms with E-state index in [1.807, 2.05) is 20.0 Å². The van der Waals surface area contributed by atoms with Gasteiger partial charge in [0.25, 0.3) is 5.91 Å². The van der Waals surface area contributed by atoms with Gasteiger partial charge in [0.05, 0.1) is 23.6 Å². The number of carbonyl (C=O) groups is 1. The minimum Gasteiger partial charge on any atom is -0.490 e. The summed E-state index contributed by atoms with van der Waals surface area (Å²) in [5.74, 6) is 0.391. The summed E-state index contributed by atoms with van der Waals surface area (Å²) >= 11 is 0. The predicted octanol–water partition coefficient (Wildman–Crippen LogP) is 3.11. The number of hydrogen-bond acceptors (Lipinski definition) is 6. The molecule has 9 nitrogen and oxygen atoms in total. The molecule has 0 bridgehead atoms. The maximum Gasteiger partial charge on any atom is 0.309 e. The SMILES string of the molecule is CC(C)Oc1cc2nc(C3CCC(CO)CC3)cn2cc1C(=O)Nc1cccn(OF)c1=O. The molecule has 1 aliphatic carbocycles. The van der Waals surface area contributed by atoms with E-state index >= 15 is 0 Å². The Bertz CT molecular complexity index is 1200. The molecule has 0 aromatic carbocycles. The van der Waals surface area contributed by atoms with Crippen molar-refractivity contribution in [2.24, 2.45) is 5.92 Å². The lowest BCUT2D eigenvalue weighted by Crippen LogP contribution is -2.27. The van der Waals surface area contributed by atoms with Crippen LogP contribution in [0.2, 0.25) is 0 Å². The highest BCUT2D eigenvalue weighted by Gasteiger charge is 2.25. The molecule has 0 saturated heterocycles. The first kappa shape index (κ1) is 22.8. The Balaban J connectivity index is 1.66. The van der Waals surface area contributed by atoms with Crippen molar-refractivity contribution in [2.75, 3.05) is 11.9 Å². The molecule has 33 heavy (non-hydrogen) atoms. The second-order valence-corrected chi connectivity index (χ2v) is 8.63. The standard InChI is InChI=1S/C23H27FN4O5/c1-14(2)32-20-10-21-25-19(16-7-5-15(13-29)6-8-16)12-27(21)11-17(20)22(30)26-18-4-3-9-28(33-24)23(18)31/h3-4,9-12,14-16,29H,5-8,13H2,1-2H3,(H,26,30). The molecule has 3 aromatic rings. The molecule has 0 spiro atoms. The van der Waals surface area contributed by atoms with E-state index < -0.39 is 11.5 Å². The highest BCUT2D eigenvalue weighted by Crippen LogP contribution is 2.35. The fraction of sp³-hybridized carbons (Fsp3) is 0.435. The molecular formula is C23H27FN4O5. The molecule has 0 unspecified atom stereocenters. The lowest BCUT2D eigenvalue weighted by atomic mass is 9.81. The Kier molecular flexibility index (Phi) is 6.64. The van der Waals surface area contributed by atoms with Crippen molar-refractivity contribution < 1.29 is 24.2 Å². The summed E-state index contributed by atoms with van der Waals surface area (Å²) in [6, 6.07) is 4.43. The third-order valence-corrected chi connectivity index (χ3v) is 5.94. The smallest absolute Gasteiger partial charge is 0.309 e. The number of imidazole rings is 1. The lowest BCUT2D eigenvalue weighted by molar-refractivity contribution is -0.141. The Morgan fingerprint density at radius 1 is 1.30 bits per heavy atom. The highest BCUT2D eigenvalue weighted by molar-refractivity contribution is 6.06. The maximum atomic E-state index is 13.1. The van der Waals surface area contributed by atoms with E-state index in [1.165, 1.54) is 12.1 Å². The zero-order valence-electron chi connectivity index (χ0n) is 18.5. The monoisotopic (exact) mass is 458 g/mol. The van der Waals surface area contributed by atoms with Gasteiger partial charge in [-0.25, -0.2) is 4.98 Å². The number of aliphatic hydroxyl groups excluding tert-OH is 1. The molecule has 4 rings (SSSR count). The number of halogens is 1. The molecule has 1 fully saturated rings. The highest BCUT2D eigenvalue weighted by atomic mass is 19.3. The van der Waals surface area contributed by atoms with Crippen molar-refractivity contribution in [3.8, 4) is 5.75 Å². The van der Waals surface area contributed by atoms with Crippen LogP contribution < -0.4 is 20.7 Å². The summed E-state index contributed by atoms with van der Waals surface area (Å²) in [4.78, 5) is 30.0. The number of carbonyl (C=O) groups excluding carboxylic acids is 1. The Morgan fingerprint density at radius 3 is 2.73 bits per heavy atom. The van der Waals surface area contributed by atoms with Gasteiger partial charge in [-0.05, 0) is 57.6 Å². The van der Waals surface area contributed by atoms with Crippen LogP contribution in [0.25, 0.3) is 5.65 Å². The van der Waals surface area contributed by atoms with Gasteiger partial charge in [-0.15, -0.1) is 4.73 Å². The van der Waals surface area contributed by atoms with Crippen LogP contribution in [-0.4, -0.2) is 37.8 Å². The van der Waals surface area contributed by atoms with Crippen molar-refractivity contribution in [1.29, 1.82) is 0 Å². The first-order chi connectivity index (χ1) is 15.9. The van der Waals surface area contributed by atoms with Crippen molar-refractivity contribution in [3.63, 3.8) is 0 Å². The predicted molar refractivity (Wildman–Crippen MR) is 119 cm³/mol. The van der Waals surface area contributed by atoms with Gasteiger partial charge in [0.15, 0.2) is 0 Å². The average Bonchev–Trinajstić information content (AvgIpc) is 3.22. The maximum absolute atomic E-state index is 13.1. The van der Waals surface area contributed by atoms with E-state index in [1.54, 1.807) is 16.7 Å². The second-order valence-electron chi connectivity index (χ2n) is 8.63. The quantitative estimate of drug-likeness (QED) is 0.563. The van der Waals surface area contributed by atoms with E-state index in [2.05, 4.69) is 10.4 Å². The van der Waals surface area contributed by atoms with Gasteiger partial charge in [0.1, 0.15) is 17.1 Å². The number of hydrogen-bond donors (Lipinski definition) is 2. The van der Waals surface area contributed by atoms with Gasteiger partial charge < -0.3 is 19.6 Å². The Labute approximate surface area is 189 Å². The summed E-state index contributed by atoms with van der Waals surface area (Å²) in [5, 5.41) is 15.4. The first-order valence-electron chi connectivity index (χ1n) is 11.0. The van der Waals surface area contributed by atoms with Crippen molar-refractivity contribution in [2.45, 2.75) is 51.6 Å². The molecule has 10 heteroatoms. The van der Waals surface area contributed by atoms with Crippen LogP contribution in [0.4, 0.5) is 10.2 Å². The lowest BCUT2D eigenvalue weighted by Gasteiger charge is -2.25. The van der Waals surface area contributed by atoms with E-state index in [-0.39, 0.29) is 24.0 Å². The summed E-state index contributed by atoms with van der Waals surface area (Å²) in [6.07, 6.45) is 8.24. The van der Waals surface area contributed by atoms with Gasteiger partial charge in [-0.3, -0.25) is 9.59 Å². The fourth-order valence-electron chi connectivity index (χ4n) is 4.21. The first-order valence-corrected chi connectivity index (χ1v) is 11.0. The fourth-order valence-corrected chi connectivity index (χ4v) is 4.21. The molecule has 1 aliphatic rings. The number of amides is 1. The molecule has 1 amide bonds. The molecule has 0 atom stereocenters. The van der Waals surface area contributed by atoms with Gasteiger partial charge in [0.2, 0.25) is 0 Å². The van der Waals surface area contributed by atoms with Gasteiger partial charge in [0, 0.05) is 35.5 Å². The second kappa shape index (κ2) is 9.62. The third kappa shape index (κ3) is 4.85. The Hall–Kier alpha value is -3.40. The number of aliphatic hydroxyl groups is 1. The number of fused-ring (bicyclic) bond motifs is 1. The summed E-state index contributed by atoms with van der Waals surface area (Å²) in [6.45, 7) is 3.91. The topological polar surface area (TPSA) is 107 Å². The number of ether oxygens (including phenoxy) is 1. The zero-order chi connectivity index (χ0) is 23.5. The normalized spacial score (nSPS) is 18.5. The molecule has 0 radical (unpaired) electrons. The summed E-state index contributed by atoms with van der Waals surface area (Å²) in [5.41, 5.74) is 0.812. The average molecular weight is 458 g/mol. The van der Waals surface area contributed by atoms with Gasteiger partial charge >= 0.3 is 5.56 Å². The number of anilines is 1. The summed E-state index contributed by atoms with van der Waals surface area (Å²) in [7, 11) is 0. The molecule has 3 heterocycles. The number of nitrogens with zero attached hydrogens (tertiary/aromatic N) is 3.